The van der Waals surface area contributed by atoms with Crippen LogP contribution in [-0.4, -0.2) is 28.9 Å². The van der Waals surface area contributed by atoms with Gasteiger partial charge in [-0.15, -0.1) is 0 Å². The van der Waals surface area contributed by atoms with Crippen molar-refractivity contribution < 1.29 is 0 Å². The Morgan fingerprint density at radius 1 is 1.10 bits per heavy atom. The quantitative estimate of drug-likeness (QED) is 0.628. The van der Waals surface area contributed by atoms with Gasteiger partial charge < -0.3 is 4.57 Å². The highest BCUT2D eigenvalue weighted by Gasteiger charge is 2.23. The summed E-state index contributed by atoms with van der Waals surface area (Å²) in [5.41, 5.74) is 2.00. The molecule has 29 heavy (non-hydrogen) atoms. The molecule has 0 saturated carbocycles. The lowest BCUT2D eigenvalue weighted by Gasteiger charge is -2.11. The minimum atomic E-state index is -0.397. The summed E-state index contributed by atoms with van der Waals surface area (Å²) in [6.07, 6.45) is 4.65. The zero-order valence-corrected chi connectivity index (χ0v) is 18.3. The van der Waals surface area contributed by atoms with Crippen LogP contribution in [0.1, 0.15) is 65.5 Å². The standard InChI is InChI=1S/C21H32N6O2/c1-7-8-10-27-19-17(20(28)23-21(27)29)26(11-9-13(2)3)18(22-19)15-12-25(6)24-16(15)14(4)5/h12-14H,7-11H2,1-6H3,(H,23,28,29). The molecule has 0 radical (unpaired) electrons. The van der Waals surface area contributed by atoms with Crippen molar-refractivity contribution in [2.45, 2.75) is 72.9 Å². The molecule has 8 nitrogen and oxygen atoms in total. The van der Waals surface area contributed by atoms with Gasteiger partial charge in [0.15, 0.2) is 11.2 Å². The second-order valence-corrected chi connectivity index (χ2v) is 8.46. The first-order valence-corrected chi connectivity index (χ1v) is 10.5. The molecule has 3 aromatic heterocycles. The Morgan fingerprint density at radius 3 is 2.45 bits per heavy atom. The number of rotatable bonds is 8. The lowest BCUT2D eigenvalue weighted by Crippen LogP contribution is -2.31. The third-order valence-electron chi connectivity index (χ3n) is 5.20. The molecule has 0 fully saturated rings. The van der Waals surface area contributed by atoms with Gasteiger partial charge in [-0.05, 0) is 24.7 Å². The number of fused-ring (bicyclic) bond motifs is 1. The fourth-order valence-electron chi connectivity index (χ4n) is 3.61. The topological polar surface area (TPSA) is 90.5 Å². The van der Waals surface area contributed by atoms with Crippen LogP contribution in [0.2, 0.25) is 0 Å². The molecule has 8 heteroatoms. The zero-order valence-electron chi connectivity index (χ0n) is 18.3. The van der Waals surface area contributed by atoms with Crippen LogP contribution in [0, 0.1) is 5.92 Å². The van der Waals surface area contributed by atoms with Crippen LogP contribution in [0.25, 0.3) is 22.6 Å². The monoisotopic (exact) mass is 400 g/mol. The number of nitrogens with one attached hydrogen (secondary N) is 1. The molecule has 1 N–H and O–H groups in total. The molecule has 0 aliphatic heterocycles. The van der Waals surface area contributed by atoms with Gasteiger partial charge in [0.25, 0.3) is 5.56 Å². The summed E-state index contributed by atoms with van der Waals surface area (Å²) in [6, 6.07) is 0. The van der Waals surface area contributed by atoms with Crippen molar-refractivity contribution in [1.82, 2.24) is 28.9 Å². The highest BCUT2D eigenvalue weighted by Crippen LogP contribution is 2.30. The molecule has 0 amide bonds. The number of aryl methyl sites for hydroxylation is 3. The molecule has 3 rings (SSSR count). The zero-order chi connectivity index (χ0) is 21.3. The van der Waals surface area contributed by atoms with Gasteiger partial charge in [-0.1, -0.05) is 41.0 Å². The van der Waals surface area contributed by atoms with E-state index in [-0.39, 0.29) is 11.5 Å². The molecule has 3 heterocycles. The number of aromatic nitrogens is 6. The Balaban J connectivity index is 2.34. The summed E-state index contributed by atoms with van der Waals surface area (Å²) < 4.78 is 5.35. The molecule has 0 aliphatic carbocycles. The van der Waals surface area contributed by atoms with E-state index < -0.39 is 5.69 Å². The van der Waals surface area contributed by atoms with Crippen molar-refractivity contribution in [3.8, 4) is 11.4 Å². The van der Waals surface area contributed by atoms with Gasteiger partial charge in [0, 0.05) is 26.3 Å². The second-order valence-electron chi connectivity index (χ2n) is 8.46. The van der Waals surface area contributed by atoms with Crippen molar-refractivity contribution in [1.29, 1.82) is 0 Å². The molecule has 0 aromatic carbocycles. The van der Waals surface area contributed by atoms with Gasteiger partial charge >= 0.3 is 5.69 Å². The number of hydrogen-bond acceptors (Lipinski definition) is 4. The molecule has 158 valence electrons. The first-order chi connectivity index (χ1) is 13.7. The van der Waals surface area contributed by atoms with E-state index in [1.54, 1.807) is 9.25 Å². The Labute approximate surface area is 170 Å². The highest BCUT2D eigenvalue weighted by molar-refractivity contribution is 5.77. The van der Waals surface area contributed by atoms with Crippen molar-refractivity contribution in [3.05, 3.63) is 32.7 Å². The maximum atomic E-state index is 12.8. The third kappa shape index (κ3) is 4.06. The van der Waals surface area contributed by atoms with Gasteiger partial charge in [-0.2, -0.15) is 5.10 Å². The second kappa shape index (κ2) is 8.39. The smallest absolute Gasteiger partial charge is 0.318 e. The summed E-state index contributed by atoms with van der Waals surface area (Å²) >= 11 is 0. The van der Waals surface area contributed by atoms with Crippen LogP contribution in [0.4, 0.5) is 0 Å². The van der Waals surface area contributed by atoms with E-state index in [0.29, 0.717) is 36.0 Å². The first kappa shape index (κ1) is 21.1. The Bertz CT molecular complexity index is 1110. The molecular weight excluding hydrogens is 368 g/mol. The van der Waals surface area contributed by atoms with E-state index in [0.717, 1.165) is 30.5 Å². The molecular formula is C21H32N6O2. The molecule has 0 atom stereocenters. The van der Waals surface area contributed by atoms with Gasteiger partial charge in [0.2, 0.25) is 0 Å². The summed E-state index contributed by atoms with van der Waals surface area (Å²) in [7, 11) is 1.89. The number of unbranched alkanes of at least 4 members (excludes halogenated alkanes) is 1. The summed E-state index contributed by atoms with van der Waals surface area (Å²) in [6.45, 7) is 11.8. The Hall–Kier alpha value is -2.64. The maximum absolute atomic E-state index is 12.8. The number of nitrogens with zero attached hydrogens (tertiary/aromatic N) is 5. The Morgan fingerprint density at radius 2 is 1.83 bits per heavy atom. The van der Waals surface area contributed by atoms with Crippen molar-refractivity contribution in [2.75, 3.05) is 0 Å². The van der Waals surface area contributed by atoms with E-state index in [9.17, 15) is 9.59 Å². The van der Waals surface area contributed by atoms with Crippen molar-refractivity contribution in [2.24, 2.45) is 13.0 Å². The molecule has 0 bridgehead atoms. The fraction of sp³-hybridized carbons (Fsp3) is 0.619. The average Bonchev–Trinajstić information content (AvgIpc) is 3.20. The van der Waals surface area contributed by atoms with Crippen LogP contribution in [0.5, 0.6) is 0 Å². The van der Waals surface area contributed by atoms with E-state index in [1.165, 1.54) is 0 Å². The number of aromatic amines is 1. The molecule has 0 unspecified atom stereocenters. The predicted molar refractivity (Wildman–Crippen MR) is 115 cm³/mol. The molecule has 3 aromatic rings. The maximum Gasteiger partial charge on any atom is 0.330 e. The minimum absolute atomic E-state index is 0.213. The van der Waals surface area contributed by atoms with Crippen LogP contribution in [-0.2, 0) is 20.1 Å². The van der Waals surface area contributed by atoms with Gasteiger partial charge in [-0.25, -0.2) is 9.78 Å². The van der Waals surface area contributed by atoms with Crippen LogP contribution in [0.3, 0.4) is 0 Å². The van der Waals surface area contributed by atoms with E-state index >= 15 is 0 Å². The summed E-state index contributed by atoms with van der Waals surface area (Å²) in [5.74, 6) is 1.40. The van der Waals surface area contributed by atoms with Gasteiger partial charge in [0.05, 0.1) is 11.3 Å². The van der Waals surface area contributed by atoms with E-state index in [4.69, 9.17) is 4.98 Å². The van der Waals surface area contributed by atoms with E-state index in [2.05, 4.69) is 44.7 Å². The van der Waals surface area contributed by atoms with Crippen molar-refractivity contribution >= 4 is 11.2 Å². The summed E-state index contributed by atoms with van der Waals surface area (Å²) in [4.78, 5) is 32.7. The molecule has 0 spiro atoms. The lowest BCUT2D eigenvalue weighted by molar-refractivity contribution is 0.524. The highest BCUT2D eigenvalue weighted by atomic mass is 16.2. The first-order valence-electron chi connectivity index (χ1n) is 10.5. The normalized spacial score (nSPS) is 12.0. The number of imidazole rings is 1. The number of hydrogen-bond donors (Lipinski definition) is 1. The van der Waals surface area contributed by atoms with Crippen LogP contribution >= 0.6 is 0 Å². The SMILES string of the molecule is CCCCn1c(=O)[nH]c(=O)c2c1nc(-c1cn(C)nc1C(C)C)n2CCC(C)C. The summed E-state index contributed by atoms with van der Waals surface area (Å²) in [5, 5.41) is 4.61. The van der Waals surface area contributed by atoms with Gasteiger partial charge in [0.1, 0.15) is 5.82 Å². The van der Waals surface area contributed by atoms with Crippen LogP contribution < -0.4 is 11.2 Å². The fourth-order valence-corrected chi connectivity index (χ4v) is 3.61. The molecule has 0 saturated heterocycles. The Kier molecular flexibility index (Phi) is 6.10. The average molecular weight is 401 g/mol. The van der Waals surface area contributed by atoms with Crippen molar-refractivity contribution in [3.63, 3.8) is 0 Å². The van der Waals surface area contributed by atoms with E-state index in [1.807, 2.05) is 17.8 Å². The third-order valence-corrected chi connectivity index (χ3v) is 5.20. The number of H-pyrrole nitrogens is 1. The largest absolute Gasteiger partial charge is 0.330 e. The van der Waals surface area contributed by atoms with Crippen LogP contribution in [0.15, 0.2) is 15.8 Å². The van der Waals surface area contributed by atoms with Gasteiger partial charge in [-0.3, -0.25) is 19.0 Å². The predicted octanol–water partition coefficient (Wildman–Crippen LogP) is 3.26. The minimum Gasteiger partial charge on any atom is -0.318 e. The lowest BCUT2D eigenvalue weighted by atomic mass is 10.1. The molecule has 0 aliphatic rings.